The number of nitrogens with zero attached hydrogens (tertiary/aromatic N) is 5. The lowest BCUT2D eigenvalue weighted by Gasteiger charge is -2.20. The predicted octanol–water partition coefficient (Wildman–Crippen LogP) is 3.01. The summed E-state index contributed by atoms with van der Waals surface area (Å²) in [5.41, 5.74) is 2.71. The Labute approximate surface area is 151 Å². The third-order valence-corrected chi connectivity index (χ3v) is 4.13. The Bertz CT molecular complexity index is 906. The molecular formula is C19H20FN5O. The summed E-state index contributed by atoms with van der Waals surface area (Å²) in [6.45, 7) is 4.02. The van der Waals surface area contributed by atoms with Gasteiger partial charge < -0.3 is 4.90 Å². The highest BCUT2D eigenvalue weighted by atomic mass is 19.1. The van der Waals surface area contributed by atoms with Crippen molar-refractivity contribution >= 4 is 5.91 Å². The molecule has 0 radical (unpaired) electrons. The van der Waals surface area contributed by atoms with E-state index >= 15 is 0 Å². The molecule has 1 atom stereocenters. The van der Waals surface area contributed by atoms with Gasteiger partial charge in [0.15, 0.2) is 0 Å². The lowest BCUT2D eigenvalue weighted by Crippen LogP contribution is -2.33. The summed E-state index contributed by atoms with van der Waals surface area (Å²) in [5, 5.41) is 12.4. The summed E-state index contributed by atoms with van der Waals surface area (Å²) in [6, 6.07) is 13.4. The molecule has 0 aliphatic heterocycles. The number of tetrazole rings is 1. The van der Waals surface area contributed by atoms with E-state index in [4.69, 9.17) is 0 Å². The SMILES string of the molecule is Cc1ccc(-c2nnn(C(C)C(=O)N(C)Cc3cccc(F)c3)n2)cc1. The zero-order chi connectivity index (χ0) is 18.7. The summed E-state index contributed by atoms with van der Waals surface area (Å²) >= 11 is 0. The Morgan fingerprint density at radius 1 is 1.23 bits per heavy atom. The molecule has 3 aromatic rings. The number of carbonyl (C=O) groups is 1. The average Bonchev–Trinajstić information content (AvgIpc) is 3.11. The van der Waals surface area contributed by atoms with Crippen LogP contribution in [0.25, 0.3) is 11.4 Å². The van der Waals surface area contributed by atoms with Crippen molar-refractivity contribution in [2.24, 2.45) is 0 Å². The molecule has 1 amide bonds. The summed E-state index contributed by atoms with van der Waals surface area (Å²) in [7, 11) is 1.67. The molecule has 134 valence electrons. The van der Waals surface area contributed by atoms with Crippen molar-refractivity contribution in [2.75, 3.05) is 7.05 Å². The standard InChI is InChI=1S/C19H20FN5O/c1-13-7-9-16(10-8-13)18-21-23-25(22-18)14(2)19(26)24(3)12-15-5-4-6-17(20)11-15/h4-11,14H,12H2,1-3H3. The fraction of sp³-hybridized carbons (Fsp3) is 0.263. The molecule has 1 aromatic heterocycles. The summed E-state index contributed by atoms with van der Waals surface area (Å²) in [4.78, 5) is 15.5. The first-order chi connectivity index (χ1) is 12.4. The molecule has 1 unspecified atom stereocenters. The largest absolute Gasteiger partial charge is 0.340 e. The lowest BCUT2D eigenvalue weighted by molar-refractivity contribution is -0.134. The quantitative estimate of drug-likeness (QED) is 0.707. The summed E-state index contributed by atoms with van der Waals surface area (Å²) < 4.78 is 13.3. The van der Waals surface area contributed by atoms with E-state index in [9.17, 15) is 9.18 Å². The number of hydrogen-bond donors (Lipinski definition) is 0. The predicted molar refractivity (Wildman–Crippen MR) is 95.6 cm³/mol. The molecule has 26 heavy (non-hydrogen) atoms. The van der Waals surface area contributed by atoms with Gasteiger partial charge in [-0.3, -0.25) is 4.79 Å². The molecule has 0 saturated heterocycles. The van der Waals surface area contributed by atoms with Gasteiger partial charge in [0.2, 0.25) is 11.7 Å². The van der Waals surface area contributed by atoms with Crippen molar-refractivity contribution < 1.29 is 9.18 Å². The van der Waals surface area contributed by atoms with Crippen LogP contribution in [-0.4, -0.2) is 38.1 Å². The highest BCUT2D eigenvalue weighted by molar-refractivity contribution is 5.79. The van der Waals surface area contributed by atoms with Gasteiger partial charge in [-0.1, -0.05) is 42.0 Å². The first-order valence-electron chi connectivity index (χ1n) is 8.30. The summed E-state index contributed by atoms with van der Waals surface area (Å²) in [5.74, 6) is -0.0309. The van der Waals surface area contributed by atoms with Gasteiger partial charge in [0, 0.05) is 19.2 Å². The van der Waals surface area contributed by atoms with Crippen molar-refractivity contribution in [3.8, 4) is 11.4 Å². The highest BCUT2D eigenvalue weighted by Gasteiger charge is 2.22. The van der Waals surface area contributed by atoms with Crippen LogP contribution in [0.1, 0.15) is 24.1 Å². The third-order valence-electron chi connectivity index (χ3n) is 4.13. The number of amides is 1. The lowest BCUT2D eigenvalue weighted by atomic mass is 10.1. The van der Waals surface area contributed by atoms with Crippen molar-refractivity contribution in [2.45, 2.75) is 26.4 Å². The molecule has 3 rings (SSSR count). The Hall–Kier alpha value is -3.09. The fourth-order valence-corrected chi connectivity index (χ4v) is 2.61. The minimum Gasteiger partial charge on any atom is -0.340 e. The second kappa shape index (κ2) is 7.43. The normalized spacial score (nSPS) is 12.0. The van der Waals surface area contributed by atoms with Gasteiger partial charge in [0.25, 0.3) is 0 Å². The minimum atomic E-state index is -0.611. The van der Waals surface area contributed by atoms with Crippen LogP contribution in [0.15, 0.2) is 48.5 Å². The Morgan fingerprint density at radius 2 is 1.96 bits per heavy atom. The Balaban J connectivity index is 1.71. The van der Waals surface area contributed by atoms with Crippen LogP contribution >= 0.6 is 0 Å². The Kier molecular flexibility index (Phi) is 5.06. The van der Waals surface area contributed by atoms with Gasteiger partial charge in [-0.15, -0.1) is 10.2 Å². The number of aromatic nitrogens is 4. The molecule has 1 heterocycles. The molecule has 0 bridgehead atoms. The molecular weight excluding hydrogens is 333 g/mol. The van der Waals surface area contributed by atoms with E-state index in [1.807, 2.05) is 31.2 Å². The minimum absolute atomic E-state index is 0.179. The van der Waals surface area contributed by atoms with Gasteiger partial charge >= 0.3 is 0 Å². The van der Waals surface area contributed by atoms with Crippen LogP contribution in [0.3, 0.4) is 0 Å². The zero-order valence-corrected chi connectivity index (χ0v) is 14.9. The van der Waals surface area contributed by atoms with Crippen LogP contribution in [0.4, 0.5) is 4.39 Å². The topological polar surface area (TPSA) is 63.9 Å². The second-order valence-electron chi connectivity index (χ2n) is 6.30. The molecule has 2 aromatic carbocycles. The van der Waals surface area contributed by atoms with Crippen molar-refractivity contribution in [1.29, 1.82) is 0 Å². The van der Waals surface area contributed by atoms with Crippen molar-refractivity contribution in [1.82, 2.24) is 25.1 Å². The van der Waals surface area contributed by atoms with E-state index in [1.165, 1.54) is 21.8 Å². The maximum Gasteiger partial charge on any atom is 0.249 e. The molecule has 0 aliphatic carbocycles. The monoisotopic (exact) mass is 353 g/mol. The Morgan fingerprint density at radius 3 is 2.65 bits per heavy atom. The zero-order valence-electron chi connectivity index (χ0n) is 14.9. The van der Waals surface area contributed by atoms with Crippen LogP contribution < -0.4 is 0 Å². The number of rotatable bonds is 5. The first-order valence-corrected chi connectivity index (χ1v) is 8.30. The number of halogens is 1. The summed E-state index contributed by atoms with van der Waals surface area (Å²) in [6.07, 6.45) is 0. The van der Waals surface area contributed by atoms with Gasteiger partial charge in [0.05, 0.1) is 0 Å². The van der Waals surface area contributed by atoms with Crippen molar-refractivity contribution in [3.05, 3.63) is 65.5 Å². The smallest absolute Gasteiger partial charge is 0.249 e. The van der Waals surface area contributed by atoms with E-state index in [2.05, 4.69) is 15.4 Å². The molecule has 0 N–H and O–H groups in total. The van der Waals surface area contributed by atoms with Crippen LogP contribution in [0.2, 0.25) is 0 Å². The second-order valence-corrected chi connectivity index (χ2v) is 6.30. The van der Waals surface area contributed by atoms with E-state index in [0.717, 1.165) is 16.7 Å². The van der Waals surface area contributed by atoms with Gasteiger partial charge in [-0.25, -0.2) is 4.39 Å². The number of likely N-dealkylation sites (N-methyl/N-ethyl adjacent to an activating group) is 1. The number of aryl methyl sites for hydroxylation is 1. The van der Waals surface area contributed by atoms with Crippen molar-refractivity contribution in [3.63, 3.8) is 0 Å². The number of carbonyl (C=O) groups excluding carboxylic acids is 1. The molecule has 7 heteroatoms. The molecule has 6 nitrogen and oxygen atoms in total. The average molecular weight is 353 g/mol. The molecule has 0 fully saturated rings. The van der Waals surface area contributed by atoms with Crippen LogP contribution in [-0.2, 0) is 11.3 Å². The van der Waals surface area contributed by atoms with E-state index in [0.29, 0.717) is 12.4 Å². The van der Waals surface area contributed by atoms with E-state index in [1.54, 1.807) is 26.1 Å². The number of benzene rings is 2. The van der Waals surface area contributed by atoms with Gasteiger partial charge in [-0.2, -0.15) is 4.80 Å². The maximum absolute atomic E-state index is 13.3. The molecule has 0 spiro atoms. The molecule has 0 saturated carbocycles. The van der Waals surface area contributed by atoms with E-state index < -0.39 is 6.04 Å². The first kappa shape index (κ1) is 17.7. The van der Waals surface area contributed by atoms with Crippen LogP contribution in [0.5, 0.6) is 0 Å². The van der Waals surface area contributed by atoms with Gasteiger partial charge in [0.1, 0.15) is 11.9 Å². The molecule has 0 aliphatic rings. The van der Waals surface area contributed by atoms with Crippen LogP contribution in [0, 0.1) is 12.7 Å². The third kappa shape index (κ3) is 3.93. The van der Waals surface area contributed by atoms with E-state index in [-0.39, 0.29) is 11.7 Å². The fourth-order valence-electron chi connectivity index (χ4n) is 2.61. The highest BCUT2D eigenvalue weighted by Crippen LogP contribution is 2.16. The number of hydrogen-bond acceptors (Lipinski definition) is 4. The van der Waals surface area contributed by atoms with Gasteiger partial charge in [-0.05, 0) is 36.8 Å². The maximum atomic E-state index is 13.3.